The molecule has 7 nitrogen and oxygen atoms in total. The minimum atomic E-state index is -0.273. The predicted octanol–water partition coefficient (Wildman–Crippen LogP) is 4.84. The van der Waals surface area contributed by atoms with Gasteiger partial charge in [-0.05, 0) is 43.5 Å². The molecule has 0 saturated carbocycles. The number of aromatic nitrogens is 2. The zero-order chi connectivity index (χ0) is 23.2. The molecule has 2 aromatic rings. The summed E-state index contributed by atoms with van der Waals surface area (Å²) in [6.07, 6.45) is 0.821. The Morgan fingerprint density at radius 3 is 2.39 bits per heavy atom. The number of urea groups is 1. The minimum Gasteiger partial charge on any atom is -0.338 e. The number of halogens is 1. The molecular weight excluding hydrogens is 414 g/mol. The molecule has 3 amide bonds. The van der Waals surface area contributed by atoms with Gasteiger partial charge in [0.25, 0.3) is 0 Å². The van der Waals surface area contributed by atoms with E-state index in [0.717, 1.165) is 17.8 Å². The lowest BCUT2D eigenvalue weighted by molar-refractivity contribution is -0.116. The van der Waals surface area contributed by atoms with Crippen LogP contribution in [0, 0.1) is 5.92 Å². The van der Waals surface area contributed by atoms with Crippen LogP contribution in [0.4, 0.5) is 10.6 Å². The summed E-state index contributed by atoms with van der Waals surface area (Å²) in [5.74, 6) is 0.711. The maximum absolute atomic E-state index is 12.9. The molecule has 0 saturated heterocycles. The second-order valence-electron chi connectivity index (χ2n) is 9.04. The van der Waals surface area contributed by atoms with Crippen LogP contribution < -0.4 is 10.6 Å². The number of hydrogen-bond acceptors (Lipinski definition) is 3. The van der Waals surface area contributed by atoms with Crippen LogP contribution >= 0.6 is 11.6 Å². The van der Waals surface area contributed by atoms with Gasteiger partial charge in [-0.1, -0.05) is 46.2 Å². The quantitative estimate of drug-likeness (QED) is 0.607. The van der Waals surface area contributed by atoms with E-state index in [2.05, 4.69) is 45.3 Å². The fraction of sp³-hybridized carbons (Fsp3) is 0.522. The van der Waals surface area contributed by atoms with Crippen molar-refractivity contribution < 1.29 is 9.59 Å². The van der Waals surface area contributed by atoms with Gasteiger partial charge in [-0.3, -0.25) is 4.79 Å². The van der Waals surface area contributed by atoms with Crippen molar-refractivity contribution in [2.75, 3.05) is 25.0 Å². The van der Waals surface area contributed by atoms with Gasteiger partial charge in [-0.15, -0.1) is 0 Å². The highest BCUT2D eigenvalue weighted by atomic mass is 35.5. The summed E-state index contributed by atoms with van der Waals surface area (Å²) in [6.45, 7) is 13.2. The Labute approximate surface area is 190 Å². The van der Waals surface area contributed by atoms with Crippen molar-refractivity contribution >= 4 is 29.4 Å². The standard InChI is InChI=1S/C23H34ClN5O2/c1-7-25-22(31)28(13-12-16(2)3)15-21(30)26-20-14-19(23(4,5)6)27-29(20)18-10-8-17(24)9-11-18/h8-11,14,16H,7,12-13,15H2,1-6H3,(H,25,31)(H,26,30). The molecule has 2 rings (SSSR count). The minimum absolute atomic E-state index is 0.0325. The highest BCUT2D eigenvalue weighted by Gasteiger charge is 2.23. The van der Waals surface area contributed by atoms with Gasteiger partial charge >= 0.3 is 6.03 Å². The van der Waals surface area contributed by atoms with E-state index in [0.29, 0.717) is 29.8 Å². The molecule has 0 atom stereocenters. The van der Waals surface area contributed by atoms with Crippen molar-refractivity contribution in [3.8, 4) is 5.69 Å². The number of hydrogen-bond donors (Lipinski definition) is 2. The molecule has 1 aromatic heterocycles. The average Bonchev–Trinajstić information content (AvgIpc) is 3.09. The van der Waals surface area contributed by atoms with E-state index < -0.39 is 0 Å². The summed E-state index contributed by atoms with van der Waals surface area (Å²) in [7, 11) is 0. The zero-order valence-corrected chi connectivity index (χ0v) is 20.1. The van der Waals surface area contributed by atoms with E-state index in [1.807, 2.05) is 25.1 Å². The summed E-state index contributed by atoms with van der Waals surface area (Å²) in [4.78, 5) is 26.8. The first-order chi connectivity index (χ1) is 14.5. The first-order valence-corrected chi connectivity index (χ1v) is 11.1. The summed E-state index contributed by atoms with van der Waals surface area (Å²) in [5, 5.41) is 11.0. The number of carbonyl (C=O) groups is 2. The Morgan fingerprint density at radius 1 is 1.19 bits per heavy atom. The molecule has 1 aromatic carbocycles. The van der Waals surface area contributed by atoms with Crippen LogP contribution in [0.1, 0.15) is 53.7 Å². The Kier molecular flexibility index (Phi) is 8.51. The lowest BCUT2D eigenvalue weighted by Crippen LogP contribution is -2.44. The van der Waals surface area contributed by atoms with Crippen molar-refractivity contribution in [1.82, 2.24) is 20.0 Å². The first kappa shape index (κ1) is 24.7. The van der Waals surface area contributed by atoms with Crippen molar-refractivity contribution in [3.05, 3.63) is 41.0 Å². The lowest BCUT2D eigenvalue weighted by Gasteiger charge is -2.23. The van der Waals surface area contributed by atoms with Crippen molar-refractivity contribution in [3.63, 3.8) is 0 Å². The molecule has 170 valence electrons. The average molecular weight is 448 g/mol. The van der Waals surface area contributed by atoms with Gasteiger partial charge in [0, 0.05) is 29.6 Å². The third-order valence-electron chi connectivity index (χ3n) is 4.74. The fourth-order valence-corrected chi connectivity index (χ4v) is 3.03. The highest BCUT2D eigenvalue weighted by Crippen LogP contribution is 2.26. The molecule has 0 aliphatic heterocycles. The second kappa shape index (κ2) is 10.7. The zero-order valence-electron chi connectivity index (χ0n) is 19.3. The number of rotatable bonds is 8. The SMILES string of the molecule is CCNC(=O)N(CCC(C)C)CC(=O)Nc1cc(C(C)(C)C)nn1-c1ccc(Cl)cc1. The Morgan fingerprint density at radius 2 is 1.84 bits per heavy atom. The van der Waals surface area contributed by atoms with E-state index in [1.165, 1.54) is 0 Å². The van der Waals surface area contributed by atoms with Gasteiger partial charge in [-0.25, -0.2) is 9.48 Å². The number of benzene rings is 1. The number of nitrogens with zero attached hydrogens (tertiary/aromatic N) is 3. The smallest absolute Gasteiger partial charge is 0.317 e. The molecule has 8 heteroatoms. The summed E-state index contributed by atoms with van der Waals surface area (Å²) < 4.78 is 1.69. The van der Waals surface area contributed by atoms with E-state index in [9.17, 15) is 9.59 Å². The van der Waals surface area contributed by atoms with E-state index in [-0.39, 0.29) is 23.9 Å². The number of amides is 3. The van der Waals surface area contributed by atoms with Crippen LogP contribution in [-0.2, 0) is 10.2 Å². The molecule has 0 aliphatic rings. The second-order valence-corrected chi connectivity index (χ2v) is 9.48. The summed E-state index contributed by atoms with van der Waals surface area (Å²) in [6, 6.07) is 8.90. The number of anilines is 1. The third kappa shape index (κ3) is 7.28. The van der Waals surface area contributed by atoms with E-state index in [1.54, 1.807) is 21.7 Å². The Hall–Kier alpha value is -2.54. The molecule has 0 bridgehead atoms. The Bertz CT molecular complexity index is 884. The lowest BCUT2D eigenvalue weighted by atomic mass is 9.92. The number of carbonyl (C=O) groups excluding carboxylic acids is 2. The van der Waals surface area contributed by atoms with Gasteiger partial charge in [0.05, 0.1) is 11.4 Å². The van der Waals surface area contributed by atoms with Crippen LogP contribution in [0.5, 0.6) is 0 Å². The summed E-state index contributed by atoms with van der Waals surface area (Å²) in [5.41, 5.74) is 1.44. The van der Waals surface area contributed by atoms with Gasteiger partial charge < -0.3 is 15.5 Å². The fourth-order valence-electron chi connectivity index (χ4n) is 2.90. The molecule has 0 fully saturated rings. The largest absolute Gasteiger partial charge is 0.338 e. The van der Waals surface area contributed by atoms with Crippen LogP contribution in [0.15, 0.2) is 30.3 Å². The predicted molar refractivity (Wildman–Crippen MR) is 126 cm³/mol. The van der Waals surface area contributed by atoms with Gasteiger partial charge in [-0.2, -0.15) is 5.10 Å². The summed E-state index contributed by atoms with van der Waals surface area (Å²) >= 11 is 6.02. The van der Waals surface area contributed by atoms with E-state index in [4.69, 9.17) is 16.7 Å². The molecule has 2 N–H and O–H groups in total. The molecular formula is C23H34ClN5O2. The monoisotopic (exact) mass is 447 g/mol. The molecule has 0 unspecified atom stereocenters. The van der Waals surface area contributed by atoms with E-state index >= 15 is 0 Å². The number of nitrogens with one attached hydrogen (secondary N) is 2. The van der Waals surface area contributed by atoms with Crippen molar-refractivity contribution in [2.24, 2.45) is 5.92 Å². The van der Waals surface area contributed by atoms with Gasteiger partial charge in [0.1, 0.15) is 12.4 Å². The first-order valence-electron chi connectivity index (χ1n) is 10.7. The third-order valence-corrected chi connectivity index (χ3v) is 4.99. The normalized spacial score (nSPS) is 11.5. The molecule has 0 aliphatic carbocycles. The molecule has 31 heavy (non-hydrogen) atoms. The van der Waals surface area contributed by atoms with Crippen LogP contribution in [-0.4, -0.2) is 46.3 Å². The molecule has 0 spiro atoms. The van der Waals surface area contributed by atoms with Gasteiger partial charge in [0.2, 0.25) is 5.91 Å². The van der Waals surface area contributed by atoms with Crippen molar-refractivity contribution in [2.45, 2.75) is 53.4 Å². The molecule has 1 heterocycles. The maximum atomic E-state index is 12.9. The maximum Gasteiger partial charge on any atom is 0.317 e. The van der Waals surface area contributed by atoms with Crippen LogP contribution in [0.3, 0.4) is 0 Å². The Balaban J connectivity index is 2.26. The van der Waals surface area contributed by atoms with Crippen molar-refractivity contribution in [1.29, 1.82) is 0 Å². The molecule has 0 radical (unpaired) electrons. The van der Waals surface area contributed by atoms with Gasteiger partial charge in [0.15, 0.2) is 0 Å². The topological polar surface area (TPSA) is 79.3 Å². The van der Waals surface area contributed by atoms with Crippen LogP contribution in [0.25, 0.3) is 5.69 Å². The van der Waals surface area contributed by atoms with Crippen LogP contribution in [0.2, 0.25) is 5.02 Å². The highest BCUT2D eigenvalue weighted by molar-refractivity contribution is 6.30.